The van der Waals surface area contributed by atoms with Gasteiger partial charge in [-0.05, 0) is 41.8 Å². The van der Waals surface area contributed by atoms with Crippen molar-refractivity contribution in [1.29, 1.82) is 0 Å². The molecule has 0 bridgehead atoms. The molecule has 0 aliphatic carbocycles. The number of nitrogens with zero attached hydrogens (tertiary/aromatic N) is 3. The molecule has 4 aromatic rings. The summed E-state index contributed by atoms with van der Waals surface area (Å²) in [6.07, 6.45) is 3.16. The standard InChI is InChI=1S/C20H15N3O4S/c24-18(8-11-23-13-22-19-16(20(23)25)9-12-28-19)27-15-6-4-14(5-7-15)26-17-3-1-2-10-21-17/h1-7,9-10,12-13H,8,11H2. The van der Waals surface area contributed by atoms with Gasteiger partial charge < -0.3 is 9.47 Å². The van der Waals surface area contributed by atoms with E-state index in [4.69, 9.17) is 9.47 Å². The van der Waals surface area contributed by atoms with E-state index in [1.54, 1.807) is 48.7 Å². The Morgan fingerprint density at radius 1 is 1.04 bits per heavy atom. The first-order valence-electron chi connectivity index (χ1n) is 8.51. The number of hydrogen-bond acceptors (Lipinski definition) is 7. The predicted molar refractivity (Wildman–Crippen MR) is 105 cm³/mol. The second-order valence-corrected chi connectivity index (χ2v) is 6.74. The number of fused-ring (bicyclic) bond motifs is 1. The molecule has 140 valence electrons. The summed E-state index contributed by atoms with van der Waals surface area (Å²) < 4.78 is 12.3. The van der Waals surface area contributed by atoms with Crippen molar-refractivity contribution in [3.63, 3.8) is 0 Å². The van der Waals surface area contributed by atoms with Crippen LogP contribution in [-0.2, 0) is 11.3 Å². The number of ether oxygens (including phenoxy) is 2. The Hall–Kier alpha value is -3.52. The molecule has 7 nitrogen and oxygen atoms in total. The molecule has 0 spiro atoms. The van der Waals surface area contributed by atoms with Gasteiger partial charge >= 0.3 is 5.97 Å². The quantitative estimate of drug-likeness (QED) is 0.367. The maximum Gasteiger partial charge on any atom is 0.312 e. The minimum Gasteiger partial charge on any atom is -0.439 e. The van der Waals surface area contributed by atoms with Gasteiger partial charge in [0.2, 0.25) is 5.88 Å². The minimum atomic E-state index is -0.435. The summed E-state index contributed by atoms with van der Waals surface area (Å²) in [6.45, 7) is 0.206. The van der Waals surface area contributed by atoms with Crippen molar-refractivity contribution in [3.05, 3.63) is 76.8 Å². The number of aromatic nitrogens is 3. The van der Waals surface area contributed by atoms with E-state index >= 15 is 0 Å². The zero-order valence-corrected chi connectivity index (χ0v) is 15.5. The third-order valence-electron chi connectivity index (χ3n) is 3.92. The molecule has 0 aliphatic rings. The van der Waals surface area contributed by atoms with Crippen LogP contribution in [0.3, 0.4) is 0 Å². The lowest BCUT2D eigenvalue weighted by molar-refractivity contribution is -0.134. The molecule has 8 heteroatoms. The average molecular weight is 393 g/mol. The van der Waals surface area contributed by atoms with Gasteiger partial charge in [0.05, 0.1) is 18.1 Å². The van der Waals surface area contributed by atoms with Crippen molar-refractivity contribution in [2.24, 2.45) is 0 Å². The van der Waals surface area contributed by atoms with Crippen LogP contribution >= 0.6 is 11.3 Å². The zero-order valence-electron chi connectivity index (χ0n) is 14.6. The molecule has 0 aliphatic heterocycles. The molecule has 0 radical (unpaired) electrons. The Kier molecular flexibility index (Phi) is 5.11. The van der Waals surface area contributed by atoms with Crippen molar-refractivity contribution < 1.29 is 14.3 Å². The van der Waals surface area contributed by atoms with Crippen LogP contribution in [0.4, 0.5) is 0 Å². The number of thiophene rings is 1. The van der Waals surface area contributed by atoms with Crippen LogP contribution in [0.5, 0.6) is 17.4 Å². The van der Waals surface area contributed by atoms with Crippen LogP contribution in [0.15, 0.2) is 71.2 Å². The summed E-state index contributed by atoms with van der Waals surface area (Å²) in [5, 5.41) is 2.38. The lowest BCUT2D eigenvalue weighted by atomic mass is 10.3. The van der Waals surface area contributed by atoms with Gasteiger partial charge in [-0.3, -0.25) is 14.2 Å². The second-order valence-electron chi connectivity index (χ2n) is 5.85. The molecule has 1 aromatic carbocycles. The summed E-state index contributed by atoms with van der Waals surface area (Å²) in [5.74, 6) is 1.03. The smallest absolute Gasteiger partial charge is 0.312 e. The van der Waals surface area contributed by atoms with Gasteiger partial charge in [0.25, 0.3) is 5.56 Å². The van der Waals surface area contributed by atoms with Crippen LogP contribution in [0.25, 0.3) is 10.2 Å². The van der Waals surface area contributed by atoms with E-state index in [0.717, 1.165) is 0 Å². The summed E-state index contributed by atoms with van der Waals surface area (Å²) >= 11 is 1.41. The van der Waals surface area contributed by atoms with Crippen LogP contribution in [-0.4, -0.2) is 20.5 Å². The van der Waals surface area contributed by atoms with E-state index in [1.165, 1.54) is 22.2 Å². The Morgan fingerprint density at radius 2 is 1.86 bits per heavy atom. The summed E-state index contributed by atoms with van der Waals surface area (Å²) in [4.78, 5) is 33.4. The molecule has 4 rings (SSSR count). The van der Waals surface area contributed by atoms with E-state index in [9.17, 15) is 9.59 Å². The summed E-state index contributed by atoms with van der Waals surface area (Å²) in [5.41, 5.74) is -0.157. The van der Waals surface area contributed by atoms with Gasteiger partial charge in [-0.15, -0.1) is 11.3 Å². The number of pyridine rings is 1. The lowest BCUT2D eigenvalue weighted by Crippen LogP contribution is -2.22. The first kappa shape index (κ1) is 17.9. The fraction of sp³-hybridized carbons (Fsp3) is 0.100. The predicted octanol–water partition coefficient (Wildman–Crippen LogP) is 3.64. The van der Waals surface area contributed by atoms with Crippen molar-refractivity contribution in [1.82, 2.24) is 14.5 Å². The molecular weight excluding hydrogens is 378 g/mol. The number of carbonyl (C=O) groups excluding carboxylic acids is 1. The number of esters is 1. The van der Waals surface area contributed by atoms with Crippen molar-refractivity contribution in [2.45, 2.75) is 13.0 Å². The van der Waals surface area contributed by atoms with Crippen molar-refractivity contribution in [2.75, 3.05) is 0 Å². The van der Waals surface area contributed by atoms with Crippen LogP contribution in [0.1, 0.15) is 6.42 Å². The van der Waals surface area contributed by atoms with E-state index in [1.807, 2.05) is 11.4 Å². The molecule has 0 fully saturated rings. The first-order chi connectivity index (χ1) is 13.7. The van der Waals surface area contributed by atoms with Gasteiger partial charge in [-0.2, -0.15) is 0 Å². The highest BCUT2D eigenvalue weighted by Crippen LogP contribution is 2.22. The summed E-state index contributed by atoms with van der Waals surface area (Å²) in [6, 6.07) is 13.8. The highest BCUT2D eigenvalue weighted by Gasteiger charge is 2.09. The molecule has 0 unspecified atom stereocenters. The normalized spacial score (nSPS) is 10.7. The highest BCUT2D eigenvalue weighted by atomic mass is 32.1. The number of carbonyl (C=O) groups is 1. The molecule has 0 amide bonds. The molecular formula is C20H15N3O4S. The second kappa shape index (κ2) is 8.01. The maximum atomic E-state index is 12.3. The third-order valence-corrected chi connectivity index (χ3v) is 4.74. The monoisotopic (exact) mass is 393 g/mol. The van der Waals surface area contributed by atoms with Gasteiger partial charge in [-0.1, -0.05) is 6.07 Å². The lowest BCUT2D eigenvalue weighted by Gasteiger charge is -2.08. The van der Waals surface area contributed by atoms with Crippen LogP contribution < -0.4 is 15.0 Å². The molecule has 0 saturated heterocycles. The minimum absolute atomic E-state index is 0.0589. The zero-order chi connectivity index (χ0) is 19.3. The van der Waals surface area contributed by atoms with Crippen molar-refractivity contribution in [3.8, 4) is 17.4 Å². The van der Waals surface area contributed by atoms with E-state index in [-0.39, 0.29) is 18.5 Å². The van der Waals surface area contributed by atoms with E-state index < -0.39 is 5.97 Å². The Bertz CT molecular complexity index is 1150. The van der Waals surface area contributed by atoms with Gasteiger partial charge in [0, 0.05) is 18.8 Å². The van der Waals surface area contributed by atoms with Crippen LogP contribution in [0, 0.1) is 0 Å². The topological polar surface area (TPSA) is 83.3 Å². The molecule has 3 heterocycles. The number of rotatable bonds is 6. The fourth-order valence-corrected chi connectivity index (χ4v) is 3.27. The Labute approximate surface area is 163 Å². The number of benzene rings is 1. The number of hydrogen-bond donors (Lipinski definition) is 0. The molecule has 0 N–H and O–H groups in total. The Morgan fingerprint density at radius 3 is 2.64 bits per heavy atom. The largest absolute Gasteiger partial charge is 0.439 e. The molecule has 0 atom stereocenters. The summed E-state index contributed by atoms with van der Waals surface area (Å²) in [7, 11) is 0. The van der Waals surface area contributed by atoms with E-state index in [2.05, 4.69) is 9.97 Å². The highest BCUT2D eigenvalue weighted by molar-refractivity contribution is 7.16. The molecule has 3 aromatic heterocycles. The number of aryl methyl sites for hydroxylation is 1. The van der Waals surface area contributed by atoms with Gasteiger partial charge in [0.1, 0.15) is 16.3 Å². The molecule has 28 heavy (non-hydrogen) atoms. The van der Waals surface area contributed by atoms with E-state index in [0.29, 0.717) is 27.6 Å². The van der Waals surface area contributed by atoms with Crippen molar-refractivity contribution >= 4 is 27.5 Å². The van der Waals surface area contributed by atoms with Crippen LogP contribution in [0.2, 0.25) is 0 Å². The molecule has 0 saturated carbocycles. The SMILES string of the molecule is O=C(CCn1cnc2sccc2c1=O)Oc1ccc(Oc2ccccn2)cc1. The Balaban J connectivity index is 1.34. The maximum absolute atomic E-state index is 12.3. The fourth-order valence-electron chi connectivity index (χ4n) is 2.55. The average Bonchev–Trinajstić information content (AvgIpc) is 3.20. The van der Waals surface area contributed by atoms with Gasteiger partial charge in [-0.25, -0.2) is 9.97 Å². The third kappa shape index (κ3) is 4.07. The first-order valence-corrected chi connectivity index (χ1v) is 9.39. The van der Waals surface area contributed by atoms with Gasteiger partial charge in [0.15, 0.2) is 0 Å².